The third kappa shape index (κ3) is 2.15. The minimum Gasteiger partial charge on any atom is -0.394 e. The maximum absolute atomic E-state index is 9.03. The van der Waals surface area contributed by atoms with Gasteiger partial charge < -0.3 is 14.7 Å². The van der Waals surface area contributed by atoms with Gasteiger partial charge in [0.05, 0.1) is 44.0 Å². The molecular weight excluding hydrogens is 246 g/mol. The molecule has 2 aromatic rings. The molecule has 0 aromatic carbocycles. The van der Waals surface area contributed by atoms with Gasteiger partial charge in [0.15, 0.2) is 5.65 Å². The molecule has 0 bridgehead atoms. The topological polar surface area (TPSA) is 76.3 Å². The highest BCUT2D eigenvalue weighted by atomic mass is 16.5. The van der Waals surface area contributed by atoms with Gasteiger partial charge in [-0.15, -0.1) is 0 Å². The molecule has 19 heavy (non-hydrogen) atoms. The molecule has 1 fully saturated rings. The van der Waals surface area contributed by atoms with Gasteiger partial charge in [-0.1, -0.05) is 0 Å². The number of fused-ring (bicyclic) bond motifs is 1. The highest BCUT2D eigenvalue weighted by Gasteiger charge is 2.23. The first kappa shape index (κ1) is 12.3. The quantitative estimate of drug-likeness (QED) is 0.843. The first-order chi connectivity index (χ1) is 9.31. The smallest absolute Gasteiger partial charge is 0.163 e. The molecule has 0 amide bonds. The first-order valence-corrected chi connectivity index (χ1v) is 6.43. The second-order valence-electron chi connectivity index (χ2n) is 4.64. The van der Waals surface area contributed by atoms with E-state index in [1.807, 2.05) is 0 Å². The summed E-state index contributed by atoms with van der Waals surface area (Å²) in [6, 6.07) is 0.285. The number of anilines is 1. The van der Waals surface area contributed by atoms with Crippen molar-refractivity contribution in [3.05, 3.63) is 12.5 Å². The zero-order valence-corrected chi connectivity index (χ0v) is 10.9. The van der Waals surface area contributed by atoms with E-state index in [0.29, 0.717) is 19.8 Å². The Hall–Kier alpha value is -1.73. The van der Waals surface area contributed by atoms with E-state index >= 15 is 0 Å². The number of ether oxygens (including phenoxy) is 1. The van der Waals surface area contributed by atoms with Gasteiger partial charge in [-0.25, -0.2) is 14.6 Å². The molecule has 3 rings (SSSR count). The Morgan fingerprint density at radius 1 is 1.47 bits per heavy atom. The van der Waals surface area contributed by atoms with E-state index in [1.54, 1.807) is 17.2 Å². The Balaban J connectivity index is 2.03. The maximum Gasteiger partial charge on any atom is 0.163 e. The normalized spacial score (nSPS) is 20.1. The molecule has 1 saturated heterocycles. The predicted molar refractivity (Wildman–Crippen MR) is 70.0 cm³/mol. The summed E-state index contributed by atoms with van der Waals surface area (Å²) >= 11 is 0. The molecule has 0 spiro atoms. The van der Waals surface area contributed by atoms with Crippen molar-refractivity contribution in [3.63, 3.8) is 0 Å². The van der Waals surface area contributed by atoms with Crippen LogP contribution in [0.15, 0.2) is 12.5 Å². The fraction of sp³-hybridized carbons (Fsp3) is 0.583. The summed E-state index contributed by atoms with van der Waals surface area (Å²) in [6.45, 7) is 4.84. The fourth-order valence-corrected chi connectivity index (χ4v) is 2.41. The highest BCUT2D eigenvalue weighted by molar-refractivity contribution is 5.86. The number of rotatable bonds is 3. The number of hydrogen-bond donors (Lipinski definition) is 1. The van der Waals surface area contributed by atoms with Gasteiger partial charge in [-0.2, -0.15) is 5.10 Å². The Morgan fingerprint density at radius 2 is 2.37 bits per heavy atom. The summed E-state index contributed by atoms with van der Waals surface area (Å²) in [5.41, 5.74) is 0.762. The number of hydrogen-bond acceptors (Lipinski definition) is 6. The van der Waals surface area contributed by atoms with E-state index in [1.165, 1.54) is 0 Å². The molecule has 2 aromatic heterocycles. The molecule has 7 nitrogen and oxygen atoms in total. The third-order valence-electron chi connectivity index (χ3n) is 3.36. The molecule has 0 saturated carbocycles. The van der Waals surface area contributed by atoms with Gasteiger partial charge in [0.25, 0.3) is 0 Å². The van der Waals surface area contributed by atoms with Crippen molar-refractivity contribution in [2.45, 2.75) is 19.5 Å². The zero-order chi connectivity index (χ0) is 13.2. The summed E-state index contributed by atoms with van der Waals surface area (Å²) in [6.07, 6.45) is 3.32. The molecule has 3 heterocycles. The lowest BCUT2D eigenvalue weighted by Gasteiger charge is -2.34. The zero-order valence-electron chi connectivity index (χ0n) is 10.9. The molecule has 102 valence electrons. The van der Waals surface area contributed by atoms with Gasteiger partial charge in [-0.3, -0.25) is 0 Å². The summed E-state index contributed by atoms with van der Waals surface area (Å²) in [5.74, 6) is 0.894. The highest BCUT2D eigenvalue weighted by Crippen LogP contribution is 2.25. The van der Waals surface area contributed by atoms with Gasteiger partial charge in [0.1, 0.15) is 12.1 Å². The van der Waals surface area contributed by atoms with Crippen molar-refractivity contribution in [1.29, 1.82) is 0 Å². The van der Waals surface area contributed by atoms with Crippen molar-refractivity contribution in [1.82, 2.24) is 19.7 Å². The second kappa shape index (κ2) is 5.10. The van der Waals surface area contributed by atoms with Crippen LogP contribution in [0.1, 0.15) is 6.92 Å². The number of aliphatic hydroxyl groups excluding tert-OH is 1. The summed E-state index contributed by atoms with van der Waals surface area (Å²) in [7, 11) is 0. The van der Waals surface area contributed by atoms with E-state index < -0.39 is 0 Å². The minimum atomic E-state index is 0.0457. The van der Waals surface area contributed by atoms with Crippen LogP contribution in [0, 0.1) is 0 Å². The monoisotopic (exact) mass is 263 g/mol. The van der Waals surface area contributed by atoms with Crippen LogP contribution in [-0.4, -0.2) is 57.3 Å². The van der Waals surface area contributed by atoms with E-state index in [4.69, 9.17) is 9.84 Å². The van der Waals surface area contributed by atoms with Crippen LogP contribution >= 0.6 is 0 Å². The van der Waals surface area contributed by atoms with Crippen LogP contribution < -0.4 is 4.90 Å². The molecule has 1 atom stereocenters. The number of aromatic nitrogens is 4. The molecule has 0 aliphatic carbocycles. The van der Waals surface area contributed by atoms with Crippen molar-refractivity contribution >= 4 is 16.9 Å². The molecule has 0 radical (unpaired) electrons. The largest absolute Gasteiger partial charge is 0.394 e. The van der Waals surface area contributed by atoms with Crippen LogP contribution in [0.3, 0.4) is 0 Å². The van der Waals surface area contributed by atoms with Gasteiger partial charge in [0.2, 0.25) is 0 Å². The van der Waals surface area contributed by atoms with E-state index in [2.05, 4.69) is 26.9 Å². The average molecular weight is 263 g/mol. The number of aliphatic hydroxyl groups is 1. The van der Waals surface area contributed by atoms with Crippen molar-refractivity contribution in [3.8, 4) is 0 Å². The average Bonchev–Trinajstić information content (AvgIpc) is 2.83. The SMILES string of the molecule is CC1COCCN1c1ncnc2c1cnn2CCO. The molecule has 1 unspecified atom stereocenters. The minimum absolute atomic E-state index is 0.0457. The van der Waals surface area contributed by atoms with E-state index in [0.717, 1.165) is 23.4 Å². The fourth-order valence-electron chi connectivity index (χ4n) is 2.41. The van der Waals surface area contributed by atoms with Gasteiger partial charge in [0, 0.05) is 6.54 Å². The second-order valence-corrected chi connectivity index (χ2v) is 4.64. The van der Waals surface area contributed by atoms with Crippen molar-refractivity contribution in [2.75, 3.05) is 31.3 Å². The summed E-state index contributed by atoms with van der Waals surface area (Å²) in [4.78, 5) is 10.9. The van der Waals surface area contributed by atoms with Crippen molar-refractivity contribution in [2.24, 2.45) is 0 Å². The van der Waals surface area contributed by atoms with Crippen LogP contribution in [-0.2, 0) is 11.3 Å². The van der Waals surface area contributed by atoms with E-state index in [-0.39, 0.29) is 12.6 Å². The Morgan fingerprint density at radius 3 is 3.16 bits per heavy atom. The number of morpholine rings is 1. The van der Waals surface area contributed by atoms with Gasteiger partial charge in [-0.05, 0) is 6.92 Å². The Labute approximate surface area is 110 Å². The standard InChI is InChI=1S/C12H17N5O2/c1-9-7-19-5-3-16(9)11-10-6-15-17(2-4-18)12(10)14-8-13-11/h6,8-9,18H,2-5,7H2,1H3. The predicted octanol–water partition coefficient (Wildman–Crippen LogP) is 0.0437. The Bertz CT molecular complexity index is 570. The van der Waals surface area contributed by atoms with E-state index in [9.17, 15) is 0 Å². The van der Waals surface area contributed by atoms with Crippen molar-refractivity contribution < 1.29 is 9.84 Å². The molecule has 7 heteroatoms. The number of nitrogens with zero attached hydrogens (tertiary/aromatic N) is 5. The summed E-state index contributed by atoms with van der Waals surface area (Å²) < 4.78 is 7.15. The lowest BCUT2D eigenvalue weighted by Crippen LogP contribution is -2.44. The molecule has 1 N–H and O–H groups in total. The first-order valence-electron chi connectivity index (χ1n) is 6.43. The van der Waals surface area contributed by atoms with Crippen LogP contribution in [0.25, 0.3) is 11.0 Å². The molecular formula is C12H17N5O2. The van der Waals surface area contributed by atoms with Gasteiger partial charge >= 0.3 is 0 Å². The molecule has 1 aliphatic rings. The lowest BCUT2D eigenvalue weighted by atomic mass is 10.2. The lowest BCUT2D eigenvalue weighted by molar-refractivity contribution is 0.0987. The summed E-state index contributed by atoms with van der Waals surface area (Å²) in [5, 5.41) is 14.2. The maximum atomic E-state index is 9.03. The Kier molecular flexibility index (Phi) is 3.31. The third-order valence-corrected chi connectivity index (χ3v) is 3.36. The van der Waals surface area contributed by atoms with Crippen LogP contribution in [0.2, 0.25) is 0 Å². The molecule has 1 aliphatic heterocycles. The van der Waals surface area contributed by atoms with Crippen LogP contribution in [0.4, 0.5) is 5.82 Å². The van der Waals surface area contributed by atoms with Crippen LogP contribution in [0.5, 0.6) is 0 Å².